The molecule has 0 aromatic heterocycles. The van der Waals surface area contributed by atoms with Crippen molar-refractivity contribution in [3.8, 4) is 5.75 Å². The zero-order chi connectivity index (χ0) is 8.32. The molecule has 0 atom stereocenters. The van der Waals surface area contributed by atoms with E-state index in [4.69, 9.17) is 0 Å². The number of rotatable bonds is 2. The molecule has 4 heteroatoms. The quantitative estimate of drug-likeness (QED) is 0.592. The highest BCUT2D eigenvalue weighted by molar-refractivity contribution is 14.1. The summed E-state index contributed by atoms with van der Waals surface area (Å²) < 4.78 is 25.5. The molecule has 0 amide bonds. The van der Waals surface area contributed by atoms with Crippen LogP contribution in [0.2, 0.25) is 0 Å². The molecule has 0 radical (unpaired) electrons. The molecule has 0 unspecified atom stereocenters. The Kier molecular flexibility index (Phi) is 2.64. The lowest BCUT2D eigenvalue weighted by Crippen LogP contribution is -2.14. The van der Waals surface area contributed by atoms with Gasteiger partial charge in [-0.15, -0.1) is 0 Å². The molecule has 0 saturated heterocycles. The number of ether oxygens (including phenoxy) is 1. The average Bonchev–Trinajstić information content (AvgIpc) is 1.85. The lowest BCUT2D eigenvalue weighted by Gasteiger charge is -2.09. The van der Waals surface area contributed by atoms with Gasteiger partial charge in [0.05, 0.1) is 22.6 Å². The van der Waals surface area contributed by atoms with Crippen molar-refractivity contribution in [3.63, 3.8) is 0 Å². The number of benzene rings is 1. The van der Waals surface area contributed by atoms with Crippen LogP contribution in [0.25, 0.3) is 0 Å². The SMILES string of the molecule is FC(F)(I)Oc1ccccc1. The zero-order valence-electron chi connectivity index (χ0n) is 5.43. The molecule has 0 saturated carbocycles. The molecule has 0 aliphatic carbocycles. The second-order valence-corrected chi connectivity index (χ2v) is 3.12. The summed E-state index contributed by atoms with van der Waals surface area (Å²) in [5.41, 5.74) is 0. The van der Waals surface area contributed by atoms with Crippen LogP contribution in [-0.4, -0.2) is 4.12 Å². The highest BCUT2D eigenvalue weighted by Crippen LogP contribution is 2.26. The van der Waals surface area contributed by atoms with Crippen LogP contribution in [0, 0.1) is 0 Å². The number of halogens is 3. The van der Waals surface area contributed by atoms with Gasteiger partial charge in [-0.3, -0.25) is 0 Å². The van der Waals surface area contributed by atoms with Gasteiger partial charge < -0.3 is 4.74 Å². The minimum Gasteiger partial charge on any atom is -0.425 e. The smallest absolute Gasteiger partial charge is 0.425 e. The van der Waals surface area contributed by atoms with Crippen LogP contribution in [0.3, 0.4) is 0 Å². The Morgan fingerprint density at radius 1 is 1.18 bits per heavy atom. The maximum absolute atomic E-state index is 12.2. The lowest BCUT2D eigenvalue weighted by molar-refractivity contribution is -0.0691. The van der Waals surface area contributed by atoms with Crippen molar-refractivity contribution >= 4 is 22.6 Å². The van der Waals surface area contributed by atoms with Gasteiger partial charge in [-0.1, -0.05) is 18.2 Å². The molecular weight excluding hydrogens is 265 g/mol. The van der Waals surface area contributed by atoms with Gasteiger partial charge >= 0.3 is 4.12 Å². The van der Waals surface area contributed by atoms with Crippen molar-refractivity contribution in [2.45, 2.75) is 4.12 Å². The summed E-state index contributed by atoms with van der Waals surface area (Å²) in [6.07, 6.45) is 0. The predicted octanol–water partition coefficient (Wildman–Crippen LogP) is 3.05. The Morgan fingerprint density at radius 3 is 2.18 bits per heavy atom. The van der Waals surface area contributed by atoms with E-state index in [1.807, 2.05) is 0 Å². The van der Waals surface area contributed by atoms with Gasteiger partial charge in [-0.05, 0) is 12.1 Å². The third-order valence-corrected chi connectivity index (χ3v) is 1.20. The maximum atomic E-state index is 12.2. The molecule has 1 nitrogen and oxygen atoms in total. The number of alkyl halides is 3. The van der Waals surface area contributed by atoms with E-state index in [0.717, 1.165) is 22.6 Å². The van der Waals surface area contributed by atoms with Crippen molar-refractivity contribution in [1.82, 2.24) is 0 Å². The fraction of sp³-hybridized carbons (Fsp3) is 0.143. The minimum atomic E-state index is -3.13. The summed E-state index contributed by atoms with van der Waals surface area (Å²) >= 11 is 0.925. The molecular formula is C7H5F2IO. The van der Waals surface area contributed by atoms with Crippen LogP contribution in [0.5, 0.6) is 5.75 Å². The van der Waals surface area contributed by atoms with Gasteiger partial charge in [-0.2, -0.15) is 8.78 Å². The van der Waals surface area contributed by atoms with Crippen molar-refractivity contribution < 1.29 is 13.5 Å². The maximum Gasteiger partial charge on any atom is 0.451 e. The molecule has 0 fully saturated rings. The fourth-order valence-electron chi connectivity index (χ4n) is 0.622. The van der Waals surface area contributed by atoms with Crippen molar-refractivity contribution in [2.75, 3.05) is 0 Å². The van der Waals surface area contributed by atoms with Crippen LogP contribution in [-0.2, 0) is 0 Å². The first-order valence-electron chi connectivity index (χ1n) is 2.89. The third-order valence-electron chi connectivity index (χ3n) is 0.977. The summed E-state index contributed by atoms with van der Waals surface area (Å²) in [4.78, 5) is 0. The molecule has 1 aromatic rings. The van der Waals surface area contributed by atoms with Gasteiger partial charge in [0.25, 0.3) is 0 Å². The molecule has 0 heterocycles. The number of hydrogen-bond donors (Lipinski definition) is 0. The van der Waals surface area contributed by atoms with Gasteiger partial charge in [-0.25, -0.2) is 0 Å². The van der Waals surface area contributed by atoms with Gasteiger partial charge in [0.15, 0.2) is 0 Å². The van der Waals surface area contributed by atoms with E-state index in [9.17, 15) is 8.78 Å². The summed E-state index contributed by atoms with van der Waals surface area (Å²) in [7, 11) is 0. The molecule has 11 heavy (non-hydrogen) atoms. The van der Waals surface area contributed by atoms with Crippen LogP contribution in [0.4, 0.5) is 8.78 Å². The topological polar surface area (TPSA) is 9.23 Å². The Balaban J connectivity index is 2.66. The summed E-state index contributed by atoms with van der Waals surface area (Å²) in [5, 5.41) is 0. The third kappa shape index (κ3) is 3.50. The highest BCUT2D eigenvalue weighted by Gasteiger charge is 2.25. The standard InChI is InChI=1S/C7H5F2IO/c8-7(9,10)11-6-4-2-1-3-5-6/h1-5H. The summed E-state index contributed by atoms with van der Waals surface area (Å²) in [5.74, 6) is 0.173. The monoisotopic (exact) mass is 270 g/mol. The minimum absolute atomic E-state index is 0.173. The first kappa shape index (κ1) is 8.70. The second-order valence-electron chi connectivity index (χ2n) is 1.86. The van der Waals surface area contributed by atoms with E-state index in [-0.39, 0.29) is 5.75 Å². The van der Waals surface area contributed by atoms with E-state index in [0.29, 0.717) is 0 Å². The Hall–Kier alpha value is -0.390. The largest absolute Gasteiger partial charge is 0.451 e. The molecule has 0 bridgehead atoms. The second kappa shape index (κ2) is 3.34. The first-order valence-corrected chi connectivity index (χ1v) is 3.96. The van der Waals surface area contributed by atoms with E-state index >= 15 is 0 Å². The Labute approximate surface area is 76.5 Å². The molecule has 0 aliphatic heterocycles. The van der Waals surface area contributed by atoms with E-state index in [1.165, 1.54) is 12.1 Å². The molecule has 1 rings (SSSR count). The molecule has 1 aromatic carbocycles. The van der Waals surface area contributed by atoms with E-state index in [2.05, 4.69) is 4.74 Å². The van der Waals surface area contributed by atoms with Crippen LogP contribution >= 0.6 is 22.6 Å². The van der Waals surface area contributed by atoms with Gasteiger partial charge in [0.1, 0.15) is 5.75 Å². The fourth-order valence-corrected chi connectivity index (χ4v) is 0.876. The first-order chi connectivity index (χ1) is 5.08. The average molecular weight is 270 g/mol. The van der Waals surface area contributed by atoms with Crippen LogP contribution in [0.1, 0.15) is 0 Å². The molecule has 0 N–H and O–H groups in total. The number of para-hydroxylation sites is 1. The Morgan fingerprint density at radius 2 is 1.73 bits per heavy atom. The molecule has 0 spiro atoms. The summed E-state index contributed by atoms with van der Waals surface area (Å²) in [6, 6.07) is 7.97. The van der Waals surface area contributed by atoms with Crippen molar-refractivity contribution in [3.05, 3.63) is 30.3 Å². The van der Waals surface area contributed by atoms with Gasteiger partial charge in [0, 0.05) is 0 Å². The van der Waals surface area contributed by atoms with E-state index in [1.54, 1.807) is 18.2 Å². The van der Waals surface area contributed by atoms with Crippen molar-refractivity contribution in [1.29, 1.82) is 0 Å². The predicted molar refractivity (Wildman–Crippen MR) is 46.0 cm³/mol. The Bertz CT molecular complexity index is 220. The normalized spacial score (nSPS) is 11.2. The molecule has 0 aliphatic rings. The summed E-state index contributed by atoms with van der Waals surface area (Å²) in [6.45, 7) is 0. The lowest BCUT2D eigenvalue weighted by atomic mass is 10.3. The van der Waals surface area contributed by atoms with Gasteiger partial charge in [0.2, 0.25) is 0 Å². The van der Waals surface area contributed by atoms with Crippen LogP contribution in [0.15, 0.2) is 30.3 Å². The molecule has 60 valence electrons. The van der Waals surface area contributed by atoms with E-state index < -0.39 is 4.12 Å². The zero-order valence-corrected chi connectivity index (χ0v) is 7.59. The van der Waals surface area contributed by atoms with Crippen LogP contribution < -0.4 is 4.74 Å². The van der Waals surface area contributed by atoms with Crippen molar-refractivity contribution in [2.24, 2.45) is 0 Å². The highest BCUT2D eigenvalue weighted by atomic mass is 127. The number of hydrogen-bond acceptors (Lipinski definition) is 1.